The Balaban J connectivity index is 2.16. The van der Waals surface area contributed by atoms with Gasteiger partial charge in [-0.3, -0.25) is 0 Å². The number of nitrogens with one attached hydrogen (secondary N) is 1. The maximum absolute atomic E-state index is 5.56. The molecule has 0 spiro atoms. The number of hydrogen-bond acceptors (Lipinski definition) is 2. The molecule has 2 rings (SSSR count). The SMILES string of the molecule is CCC1CC1(CNCC(C)C)c1ccccc1OC. The van der Waals surface area contributed by atoms with Crippen LogP contribution in [-0.4, -0.2) is 20.2 Å². The minimum Gasteiger partial charge on any atom is -0.496 e. The van der Waals surface area contributed by atoms with Gasteiger partial charge < -0.3 is 10.1 Å². The summed E-state index contributed by atoms with van der Waals surface area (Å²) in [6, 6.07) is 8.52. The number of rotatable bonds is 7. The van der Waals surface area contributed by atoms with E-state index in [9.17, 15) is 0 Å². The molecule has 0 aliphatic heterocycles. The summed E-state index contributed by atoms with van der Waals surface area (Å²) in [5, 5.41) is 3.65. The quantitative estimate of drug-likeness (QED) is 0.809. The van der Waals surface area contributed by atoms with Crippen molar-refractivity contribution in [1.82, 2.24) is 5.32 Å². The average Bonchev–Trinajstić information content (AvgIpc) is 3.13. The molecule has 1 aromatic rings. The minimum atomic E-state index is 0.302. The fourth-order valence-electron chi connectivity index (χ4n) is 3.20. The number of para-hydroxylation sites is 1. The lowest BCUT2D eigenvalue weighted by atomic mass is 9.91. The maximum Gasteiger partial charge on any atom is 0.122 e. The second-order valence-corrected chi connectivity index (χ2v) is 6.19. The van der Waals surface area contributed by atoms with Crippen molar-refractivity contribution in [1.29, 1.82) is 0 Å². The van der Waals surface area contributed by atoms with Crippen molar-refractivity contribution < 1.29 is 4.74 Å². The van der Waals surface area contributed by atoms with Gasteiger partial charge in [-0.25, -0.2) is 0 Å². The van der Waals surface area contributed by atoms with Gasteiger partial charge in [-0.2, -0.15) is 0 Å². The van der Waals surface area contributed by atoms with Crippen molar-refractivity contribution >= 4 is 0 Å². The number of benzene rings is 1. The van der Waals surface area contributed by atoms with Crippen LogP contribution < -0.4 is 10.1 Å². The normalized spacial score (nSPS) is 25.6. The molecule has 2 nitrogen and oxygen atoms in total. The molecule has 1 aromatic carbocycles. The van der Waals surface area contributed by atoms with Crippen molar-refractivity contribution in [2.24, 2.45) is 11.8 Å². The van der Waals surface area contributed by atoms with Crippen molar-refractivity contribution in [3.05, 3.63) is 29.8 Å². The Morgan fingerprint density at radius 3 is 2.68 bits per heavy atom. The Morgan fingerprint density at radius 2 is 2.11 bits per heavy atom. The van der Waals surface area contributed by atoms with Crippen LogP contribution in [0.25, 0.3) is 0 Å². The number of hydrogen-bond donors (Lipinski definition) is 1. The van der Waals surface area contributed by atoms with Gasteiger partial charge in [0.1, 0.15) is 5.75 Å². The third-order valence-electron chi connectivity index (χ3n) is 4.36. The number of methoxy groups -OCH3 is 1. The van der Waals surface area contributed by atoms with Gasteiger partial charge in [0.2, 0.25) is 0 Å². The molecule has 0 saturated heterocycles. The first-order chi connectivity index (χ1) is 9.14. The molecule has 19 heavy (non-hydrogen) atoms. The van der Waals surface area contributed by atoms with E-state index in [2.05, 4.69) is 50.4 Å². The summed E-state index contributed by atoms with van der Waals surface area (Å²) < 4.78 is 5.56. The Hall–Kier alpha value is -1.02. The van der Waals surface area contributed by atoms with Crippen LogP contribution in [0.1, 0.15) is 39.2 Å². The Labute approximate surface area is 117 Å². The molecule has 1 N–H and O–H groups in total. The molecule has 2 unspecified atom stereocenters. The van der Waals surface area contributed by atoms with Gasteiger partial charge in [-0.1, -0.05) is 45.4 Å². The van der Waals surface area contributed by atoms with E-state index in [-0.39, 0.29) is 0 Å². The third kappa shape index (κ3) is 2.94. The lowest BCUT2D eigenvalue weighted by Crippen LogP contribution is -2.31. The first-order valence-corrected chi connectivity index (χ1v) is 7.48. The summed E-state index contributed by atoms with van der Waals surface area (Å²) in [7, 11) is 1.78. The summed E-state index contributed by atoms with van der Waals surface area (Å²) in [5.74, 6) is 2.54. The van der Waals surface area contributed by atoms with Gasteiger partial charge >= 0.3 is 0 Å². The van der Waals surface area contributed by atoms with Crippen molar-refractivity contribution in [2.45, 2.75) is 39.0 Å². The van der Waals surface area contributed by atoms with Crippen LogP contribution in [0.15, 0.2) is 24.3 Å². The first kappa shape index (κ1) is 14.4. The highest BCUT2D eigenvalue weighted by atomic mass is 16.5. The molecule has 0 amide bonds. The van der Waals surface area contributed by atoms with Crippen molar-refractivity contribution in [2.75, 3.05) is 20.2 Å². The second kappa shape index (κ2) is 5.96. The summed E-state index contributed by atoms with van der Waals surface area (Å²) in [6.45, 7) is 8.97. The van der Waals surface area contributed by atoms with E-state index in [0.717, 1.165) is 24.8 Å². The van der Waals surface area contributed by atoms with Crippen LogP contribution in [-0.2, 0) is 5.41 Å². The molecule has 1 aliphatic carbocycles. The van der Waals surface area contributed by atoms with Crippen LogP contribution in [0.4, 0.5) is 0 Å². The first-order valence-electron chi connectivity index (χ1n) is 7.48. The van der Waals surface area contributed by atoms with E-state index in [1.54, 1.807) is 7.11 Å². The highest BCUT2D eigenvalue weighted by molar-refractivity contribution is 5.45. The molecule has 0 aromatic heterocycles. The summed E-state index contributed by atoms with van der Waals surface area (Å²) in [6.07, 6.45) is 2.54. The molecule has 2 atom stereocenters. The fourth-order valence-corrected chi connectivity index (χ4v) is 3.20. The second-order valence-electron chi connectivity index (χ2n) is 6.19. The van der Waals surface area contributed by atoms with E-state index in [1.165, 1.54) is 18.4 Å². The Morgan fingerprint density at radius 1 is 1.37 bits per heavy atom. The maximum atomic E-state index is 5.56. The van der Waals surface area contributed by atoms with Gasteiger partial charge in [-0.15, -0.1) is 0 Å². The van der Waals surface area contributed by atoms with Crippen molar-refractivity contribution in [3.8, 4) is 5.75 Å². The molecule has 106 valence electrons. The lowest BCUT2D eigenvalue weighted by molar-refractivity contribution is 0.396. The van der Waals surface area contributed by atoms with E-state index in [4.69, 9.17) is 4.74 Å². The summed E-state index contributed by atoms with van der Waals surface area (Å²) >= 11 is 0. The molecular weight excluding hydrogens is 234 g/mol. The van der Waals surface area contributed by atoms with Crippen LogP contribution in [0.2, 0.25) is 0 Å². The highest BCUT2D eigenvalue weighted by Gasteiger charge is 2.54. The van der Waals surface area contributed by atoms with Crippen LogP contribution >= 0.6 is 0 Å². The number of ether oxygens (including phenoxy) is 1. The fraction of sp³-hybridized carbons (Fsp3) is 0.647. The molecule has 1 fully saturated rings. The third-order valence-corrected chi connectivity index (χ3v) is 4.36. The molecule has 2 heteroatoms. The Bertz CT molecular complexity index is 415. The highest BCUT2D eigenvalue weighted by Crippen LogP contribution is 2.57. The Kier molecular flexibility index (Phi) is 4.51. The van der Waals surface area contributed by atoms with Crippen molar-refractivity contribution in [3.63, 3.8) is 0 Å². The van der Waals surface area contributed by atoms with Crippen LogP contribution in [0.3, 0.4) is 0 Å². The molecule has 0 bridgehead atoms. The standard InChI is InChI=1S/C17H27NO/c1-5-14-10-17(14,12-18-11-13(2)3)15-8-6-7-9-16(15)19-4/h6-9,13-14,18H,5,10-12H2,1-4H3. The predicted molar refractivity (Wildman–Crippen MR) is 80.8 cm³/mol. The van der Waals surface area contributed by atoms with Crippen LogP contribution in [0.5, 0.6) is 5.75 Å². The molecular formula is C17H27NO. The monoisotopic (exact) mass is 261 g/mol. The summed E-state index contributed by atoms with van der Waals surface area (Å²) in [4.78, 5) is 0. The van der Waals surface area contributed by atoms with Gasteiger partial charge in [-0.05, 0) is 30.9 Å². The smallest absolute Gasteiger partial charge is 0.122 e. The molecule has 1 aliphatic rings. The van der Waals surface area contributed by atoms with Gasteiger partial charge in [0, 0.05) is 17.5 Å². The largest absolute Gasteiger partial charge is 0.496 e. The lowest BCUT2D eigenvalue weighted by Gasteiger charge is -2.22. The van der Waals surface area contributed by atoms with E-state index >= 15 is 0 Å². The molecule has 1 saturated carbocycles. The van der Waals surface area contributed by atoms with Crippen LogP contribution in [0, 0.1) is 11.8 Å². The molecule has 0 heterocycles. The average molecular weight is 261 g/mol. The predicted octanol–water partition coefficient (Wildman–Crippen LogP) is 3.61. The minimum absolute atomic E-state index is 0.302. The molecule has 0 radical (unpaired) electrons. The van der Waals surface area contributed by atoms with E-state index in [0.29, 0.717) is 11.3 Å². The topological polar surface area (TPSA) is 21.3 Å². The van der Waals surface area contributed by atoms with Gasteiger partial charge in [0.05, 0.1) is 7.11 Å². The van der Waals surface area contributed by atoms with E-state index < -0.39 is 0 Å². The zero-order valence-corrected chi connectivity index (χ0v) is 12.7. The van der Waals surface area contributed by atoms with Gasteiger partial charge in [0.15, 0.2) is 0 Å². The van der Waals surface area contributed by atoms with E-state index in [1.807, 2.05) is 0 Å². The summed E-state index contributed by atoms with van der Waals surface area (Å²) in [5.41, 5.74) is 1.69. The van der Waals surface area contributed by atoms with Gasteiger partial charge in [0.25, 0.3) is 0 Å². The zero-order chi connectivity index (χ0) is 13.9. The zero-order valence-electron chi connectivity index (χ0n) is 12.7.